The van der Waals surface area contributed by atoms with E-state index in [0.29, 0.717) is 12.0 Å². The molecule has 1 unspecified atom stereocenters. The molecular formula is C12H23IN4S. The smallest absolute Gasteiger partial charge is 0.188 e. The van der Waals surface area contributed by atoms with Gasteiger partial charge in [0.25, 0.3) is 0 Å². The Kier molecular flexibility index (Phi) is 9.35. The molecule has 0 aliphatic rings. The van der Waals surface area contributed by atoms with Gasteiger partial charge >= 0.3 is 0 Å². The van der Waals surface area contributed by atoms with Crippen LogP contribution in [0.2, 0.25) is 0 Å². The van der Waals surface area contributed by atoms with E-state index in [0.717, 1.165) is 31.5 Å². The van der Waals surface area contributed by atoms with Gasteiger partial charge in [-0.05, 0) is 26.7 Å². The van der Waals surface area contributed by atoms with Gasteiger partial charge in [-0.1, -0.05) is 6.92 Å². The number of aryl methyl sites for hydroxylation is 2. The Hall–Kier alpha value is -0.370. The van der Waals surface area contributed by atoms with E-state index in [-0.39, 0.29) is 24.0 Å². The molecule has 3 N–H and O–H groups in total. The number of thiazole rings is 1. The molecule has 1 aromatic heterocycles. The number of aliphatic imine (C=N–C) groups is 1. The molecule has 0 aliphatic heterocycles. The van der Waals surface area contributed by atoms with Crippen molar-refractivity contribution in [3.8, 4) is 0 Å². The van der Waals surface area contributed by atoms with Gasteiger partial charge in [0.1, 0.15) is 0 Å². The average molecular weight is 382 g/mol. The third kappa shape index (κ3) is 7.15. The molecule has 0 saturated carbocycles. The molecule has 0 fully saturated rings. The zero-order valence-electron chi connectivity index (χ0n) is 11.3. The summed E-state index contributed by atoms with van der Waals surface area (Å²) in [6.45, 7) is 7.00. The zero-order valence-corrected chi connectivity index (χ0v) is 14.4. The van der Waals surface area contributed by atoms with E-state index in [1.165, 1.54) is 5.01 Å². The van der Waals surface area contributed by atoms with Gasteiger partial charge in [0.05, 0.1) is 5.01 Å². The number of nitrogens with zero attached hydrogens (tertiary/aromatic N) is 2. The lowest BCUT2D eigenvalue weighted by molar-refractivity contribution is 0.635. The molecular weight excluding hydrogens is 359 g/mol. The second-order valence-electron chi connectivity index (χ2n) is 4.21. The van der Waals surface area contributed by atoms with Gasteiger partial charge in [-0.2, -0.15) is 0 Å². The Morgan fingerprint density at radius 2 is 2.33 bits per heavy atom. The van der Waals surface area contributed by atoms with Crippen molar-refractivity contribution in [2.75, 3.05) is 6.54 Å². The van der Waals surface area contributed by atoms with Crippen LogP contribution in [0.25, 0.3) is 0 Å². The number of nitrogens with two attached hydrogens (primary N) is 1. The lowest BCUT2D eigenvalue weighted by Crippen LogP contribution is -2.38. The highest BCUT2D eigenvalue weighted by molar-refractivity contribution is 14.0. The van der Waals surface area contributed by atoms with Crippen molar-refractivity contribution in [2.45, 2.75) is 46.1 Å². The van der Waals surface area contributed by atoms with Crippen LogP contribution in [-0.2, 0) is 6.42 Å². The maximum Gasteiger partial charge on any atom is 0.188 e. The summed E-state index contributed by atoms with van der Waals surface area (Å²) in [6, 6.07) is 0.389. The van der Waals surface area contributed by atoms with Crippen molar-refractivity contribution in [1.29, 1.82) is 0 Å². The van der Waals surface area contributed by atoms with Crippen LogP contribution in [-0.4, -0.2) is 23.5 Å². The predicted molar refractivity (Wildman–Crippen MR) is 90.0 cm³/mol. The van der Waals surface area contributed by atoms with E-state index in [4.69, 9.17) is 5.73 Å². The number of guanidine groups is 1. The van der Waals surface area contributed by atoms with Crippen molar-refractivity contribution >= 4 is 41.3 Å². The summed E-state index contributed by atoms with van der Waals surface area (Å²) in [5.41, 5.74) is 6.86. The van der Waals surface area contributed by atoms with Gasteiger partial charge in [0.15, 0.2) is 5.96 Å². The molecule has 0 spiro atoms. The average Bonchev–Trinajstić information content (AvgIpc) is 2.70. The quantitative estimate of drug-likeness (QED) is 0.344. The highest BCUT2D eigenvalue weighted by Gasteiger charge is 2.00. The summed E-state index contributed by atoms with van der Waals surface area (Å²) in [6.07, 6.45) is 3.03. The minimum atomic E-state index is 0. The number of hydrogen-bond acceptors (Lipinski definition) is 3. The number of halogens is 1. The second kappa shape index (κ2) is 9.55. The zero-order chi connectivity index (χ0) is 12.7. The maximum atomic E-state index is 5.76. The summed E-state index contributed by atoms with van der Waals surface area (Å²) in [4.78, 5) is 8.71. The molecule has 1 aromatic rings. The van der Waals surface area contributed by atoms with Crippen LogP contribution in [0.4, 0.5) is 0 Å². The van der Waals surface area contributed by atoms with Crippen LogP contribution < -0.4 is 11.1 Å². The van der Waals surface area contributed by atoms with Crippen LogP contribution in [0.1, 0.15) is 37.4 Å². The Balaban J connectivity index is 0.00000289. The van der Waals surface area contributed by atoms with Crippen molar-refractivity contribution in [3.05, 3.63) is 16.1 Å². The van der Waals surface area contributed by atoms with Crippen LogP contribution in [0.15, 0.2) is 10.4 Å². The lowest BCUT2D eigenvalue weighted by atomic mass is 10.3. The highest BCUT2D eigenvalue weighted by Crippen LogP contribution is 2.10. The predicted octanol–water partition coefficient (Wildman–Crippen LogP) is 2.70. The Morgan fingerprint density at radius 3 is 2.89 bits per heavy atom. The number of aromatic nitrogens is 1. The summed E-state index contributed by atoms with van der Waals surface area (Å²) >= 11 is 1.72. The van der Waals surface area contributed by atoms with Gasteiger partial charge in [-0.25, -0.2) is 4.98 Å². The SMILES string of the molecule is CCC(C)NC(N)=NCCCc1nc(C)cs1.I. The van der Waals surface area contributed by atoms with Crippen molar-refractivity contribution in [3.63, 3.8) is 0 Å². The monoisotopic (exact) mass is 382 g/mol. The van der Waals surface area contributed by atoms with E-state index in [1.54, 1.807) is 11.3 Å². The van der Waals surface area contributed by atoms with Crippen LogP contribution in [0.3, 0.4) is 0 Å². The van der Waals surface area contributed by atoms with Gasteiger partial charge < -0.3 is 11.1 Å². The first-order valence-electron chi connectivity index (χ1n) is 6.09. The molecule has 0 bridgehead atoms. The fraction of sp³-hybridized carbons (Fsp3) is 0.667. The summed E-state index contributed by atoms with van der Waals surface area (Å²) < 4.78 is 0. The van der Waals surface area contributed by atoms with E-state index >= 15 is 0 Å². The molecule has 1 rings (SSSR count). The molecule has 6 heteroatoms. The molecule has 0 amide bonds. The van der Waals surface area contributed by atoms with Gasteiger partial charge in [0.2, 0.25) is 0 Å². The van der Waals surface area contributed by atoms with Crippen LogP contribution in [0.5, 0.6) is 0 Å². The van der Waals surface area contributed by atoms with Gasteiger partial charge in [-0.15, -0.1) is 35.3 Å². The minimum Gasteiger partial charge on any atom is -0.370 e. The highest BCUT2D eigenvalue weighted by atomic mass is 127. The van der Waals surface area contributed by atoms with E-state index in [9.17, 15) is 0 Å². The number of rotatable bonds is 6. The summed E-state index contributed by atoms with van der Waals surface area (Å²) in [5.74, 6) is 0.551. The third-order valence-electron chi connectivity index (χ3n) is 2.50. The molecule has 0 aliphatic carbocycles. The van der Waals surface area contributed by atoms with Crippen molar-refractivity contribution in [2.24, 2.45) is 10.7 Å². The summed E-state index contributed by atoms with van der Waals surface area (Å²) in [5, 5.41) is 6.41. The van der Waals surface area contributed by atoms with E-state index in [2.05, 4.69) is 34.5 Å². The molecule has 1 heterocycles. The Labute approximate surface area is 131 Å². The normalized spacial score (nSPS) is 12.9. The maximum absolute atomic E-state index is 5.76. The third-order valence-corrected chi connectivity index (χ3v) is 3.53. The minimum absolute atomic E-state index is 0. The number of nitrogens with one attached hydrogen (secondary N) is 1. The fourth-order valence-corrected chi connectivity index (χ4v) is 2.17. The molecule has 0 aromatic carbocycles. The van der Waals surface area contributed by atoms with Crippen LogP contribution >= 0.6 is 35.3 Å². The first-order valence-corrected chi connectivity index (χ1v) is 6.97. The second-order valence-corrected chi connectivity index (χ2v) is 5.15. The summed E-state index contributed by atoms with van der Waals surface area (Å²) in [7, 11) is 0. The molecule has 18 heavy (non-hydrogen) atoms. The Morgan fingerprint density at radius 1 is 1.61 bits per heavy atom. The fourth-order valence-electron chi connectivity index (χ4n) is 1.35. The first-order chi connectivity index (χ1) is 8.11. The lowest BCUT2D eigenvalue weighted by Gasteiger charge is -2.11. The standard InChI is InChI=1S/C12H22N4S.HI/c1-4-9(2)16-12(13)14-7-5-6-11-15-10(3)8-17-11;/h8-9H,4-7H2,1-3H3,(H3,13,14,16);1H. The van der Waals surface area contributed by atoms with E-state index < -0.39 is 0 Å². The topological polar surface area (TPSA) is 63.3 Å². The van der Waals surface area contributed by atoms with Gasteiger partial charge in [-0.3, -0.25) is 4.99 Å². The largest absolute Gasteiger partial charge is 0.370 e. The molecule has 0 saturated heterocycles. The molecule has 1 atom stereocenters. The van der Waals surface area contributed by atoms with Crippen LogP contribution in [0, 0.1) is 6.92 Å². The molecule has 4 nitrogen and oxygen atoms in total. The molecule has 104 valence electrons. The first kappa shape index (κ1) is 17.6. The van der Waals surface area contributed by atoms with Gasteiger partial charge in [0, 0.05) is 30.1 Å². The van der Waals surface area contributed by atoms with Crippen molar-refractivity contribution < 1.29 is 0 Å². The van der Waals surface area contributed by atoms with Crippen molar-refractivity contribution in [1.82, 2.24) is 10.3 Å². The number of hydrogen-bond donors (Lipinski definition) is 2. The van der Waals surface area contributed by atoms with E-state index in [1.807, 2.05) is 6.92 Å². The molecule has 0 radical (unpaired) electrons. The Bertz CT molecular complexity index is 365.